The van der Waals surface area contributed by atoms with Gasteiger partial charge in [0.1, 0.15) is 4.90 Å². The predicted octanol–water partition coefficient (Wildman–Crippen LogP) is -0.101. The van der Waals surface area contributed by atoms with Crippen molar-refractivity contribution in [1.29, 1.82) is 0 Å². The standard InChI is InChI=1S/C13H22N4O3S/c1-4-17-8-9(7-14-17)21(18,19)15-11-10-5-6-20-13(10)12(11)16(2)3/h7-8,10-13,15H,4-6H2,1-3H3/t10-,11+,12-,13-/m0/s1. The number of sulfonamides is 1. The first-order chi connectivity index (χ1) is 9.94. The molecular weight excluding hydrogens is 292 g/mol. The molecule has 1 aliphatic heterocycles. The van der Waals surface area contributed by atoms with Gasteiger partial charge in [0.2, 0.25) is 10.0 Å². The second-order valence-electron chi connectivity index (χ2n) is 5.92. The van der Waals surface area contributed by atoms with Crippen molar-refractivity contribution < 1.29 is 13.2 Å². The van der Waals surface area contributed by atoms with Crippen molar-refractivity contribution in [1.82, 2.24) is 19.4 Å². The minimum atomic E-state index is -3.53. The zero-order chi connectivity index (χ0) is 15.2. The zero-order valence-corrected chi connectivity index (χ0v) is 13.4. The number of aryl methyl sites for hydroxylation is 1. The second-order valence-corrected chi connectivity index (χ2v) is 7.63. The minimum absolute atomic E-state index is 0.0912. The zero-order valence-electron chi connectivity index (χ0n) is 12.6. The van der Waals surface area contributed by atoms with E-state index < -0.39 is 10.0 Å². The van der Waals surface area contributed by atoms with Gasteiger partial charge in [0, 0.05) is 31.3 Å². The van der Waals surface area contributed by atoms with E-state index in [0.717, 1.165) is 6.42 Å². The van der Waals surface area contributed by atoms with E-state index in [-0.39, 0.29) is 29.0 Å². The lowest BCUT2D eigenvalue weighted by Crippen LogP contribution is -2.69. The van der Waals surface area contributed by atoms with Crippen molar-refractivity contribution in [2.24, 2.45) is 5.92 Å². The fourth-order valence-electron chi connectivity index (χ4n) is 3.35. The van der Waals surface area contributed by atoms with Crippen LogP contribution in [0.2, 0.25) is 0 Å². The van der Waals surface area contributed by atoms with Gasteiger partial charge in [-0.25, -0.2) is 13.1 Å². The summed E-state index contributed by atoms with van der Waals surface area (Å²) >= 11 is 0. The van der Waals surface area contributed by atoms with Gasteiger partial charge >= 0.3 is 0 Å². The predicted molar refractivity (Wildman–Crippen MR) is 77.3 cm³/mol. The van der Waals surface area contributed by atoms with Gasteiger partial charge < -0.3 is 9.64 Å². The van der Waals surface area contributed by atoms with Gasteiger partial charge in [0.15, 0.2) is 0 Å². The Kier molecular flexibility index (Phi) is 3.81. The van der Waals surface area contributed by atoms with E-state index in [2.05, 4.69) is 9.82 Å². The Bertz CT molecular complexity index is 613. The number of likely N-dealkylation sites (N-methyl/N-ethyl adjacent to an activating group) is 1. The summed E-state index contributed by atoms with van der Waals surface area (Å²) in [6.45, 7) is 3.29. The van der Waals surface area contributed by atoms with Crippen molar-refractivity contribution in [3.8, 4) is 0 Å². The van der Waals surface area contributed by atoms with Crippen LogP contribution >= 0.6 is 0 Å². The van der Waals surface area contributed by atoms with Crippen LogP contribution in [0.5, 0.6) is 0 Å². The Morgan fingerprint density at radius 1 is 1.52 bits per heavy atom. The van der Waals surface area contributed by atoms with E-state index in [9.17, 15) is 8.42 Å². The molecule has 1 saturated carbocycles. The molecule has 118 valence electrons. The highest BCUT2D eigenvalue weighted by atomic mass is 32.2. The molecule has 1 N–H and O–H groups in total. The van der Waals surface area contributed by atoms with E-state index in [0.29, 0.717) is 13.2 Å². The van der Waals surface area contributed by atoms with Gasteiger partial charge in [-0.2, -0.15) is 5.10 Å². The maximum absolute atomic E-state index is 12.5. The maximum atomic E-state index is 12.5. The number of aromatic nitrogens is 2. The molecule has 8 heteroatoms. The molecule has 2 heterocycles. The van der Waals surface area contributed by atoms with E-state index in [4.69, 9.17) is 4.74 Å². The number of hydrogen-bond donors (Lipinski definition) is 1. The van der Waals surface area contributed by atoms with Gasteiger partial charge in [-0.1, -0.05) is 0 Å². The molecule has 1 aliphatic carbocycles. The van der Waals surface area contributed by atoms with Crippen molar-refractivity contribution >= 4 is 10.0 Å². The molecule has 0 radical (unpaired) electrons. The van der Waals surface area contributed by atoms with Crippen LogP contribution in [0.1, 0.15) is 13.3 Å². The molecule has 2 fully saturated rings. The van der Waals surface area contributed by atoms with Crippen LogP contribution in [0.3, 0.4) is 0 Å². The van der Waals surface area contributed by atoms with E-state index in [1.165, 1.54) is 6.20 Å². The van der Waals surface area contributed by atoms with Crippen LogP contribution in [0.15, 0.2) is 17.3 Å². The highest BCUT2D eigenvalue weighted by Gasteiger charge is 2.56. The first-order valence-electron chi connectivity index (χ1n) is 7.27. The molecule has 21 heavy (non-hydrogen) atoms. The SMILES string of the molecule is CCn1cc(S(=O)(=O)N[C@@H]2[C@@H]3CCO[C@@H]3[C@H]2N(C)C)cn1. The third-order valence-corrected chi connectivity index (χ3v) is 5.89. The van der Waals surface area contributed by atoms with Gasteiger partial charge in [-0.15, -0.1) is 0 Å². The third kappa shape index (κ3) is 2.50. The van der Waals surface area contributed by atoms with Crippen LogP contribution in [-0.4, -0.2) is 62.0 Å². The molecule has 0 aromatic carbocycles. The molecule has 3 rings (SSSR count). The van der Waals surface area contributed by atoms with E-state index in [1.807, 2.05) is 25.9 Å². The summed E-state index contributed by atoms with van der Waals surface area (Å²) in [6, 6.07) is -0.00373. The minimum Gasteiger partial charge on any atom is -0.376 e. The Morgan fingerprint density at radius 2 is 2.29 bits per heavy atom. The van der Waals surface area contributed by atoms with Crippen molar-refractivity contribution in [2.45, 2.75) is 43.0 Å². The normalized spacial score (nSPS) is 32.2. The third-order valence-electron chi connectivity index (χ3n) is 4.48. The summed E-state index contributed by atoms with van der Waals surface area (Å²) in [7, 11) is 0.384. The Hall–Kier alpha value is -0.960. The average molecular weight is 314 g/mol. The van der Waals surface area contributed by atoms with Gasteiger partial charge in [0.25, 0.3) is 0 Å². The number of rotatable bonds is 5. The molecule has 0 spiro atoms. The molecule has 1 saturated heterocycles. The topological polar surface area (TPSA) is 76.5 Å². The lowest BCUT2D eigenvalue weighted by Gasteiger charge is -2.50. The highest BCUT2D eigenvalue weighted by Crippen LogP contribution is 2.41. The fraction of sp³-hybridized carbons (Fsp3) is 0.769. The van der Waals surface area contributed by atoms with Crippen LogP contribution < -0.4 is 4.72 Å². The average Bonchev–Trinajstić information content (AvgIpc) is 3.02. The number of hydrogen-bond acceptors (Lipinski definition) is 5. The molecule has 0 unspecified atom stereocenters. The van der Waals surface area contributed by atoms with Crippen molar-refractivity contribution in [2.75, 3.05) is 20.7 Å². The summed E-state index contributed by atoms with van der Waals surface area (Å²) in [5.41, 5.74) is 0. The number of ether oxygens (including phenoxy) is 1. The van der Waals surface area contributed by atoms with Crippen LogP contribution in [0.4, 0.5) is 0 Å². The summed E-state index contributed by atoms with van der Waals surface area (Å²) in [5, 5.41) is 4.04. The first kappa shape index (κ1) is 15.0. The van der Waals surface area contributed by atoms with Crippen LogP contribution in [0, 0.1) is 5.92 Å². The Balaban J connectivity index is 1.78. The first-order valence-corrected chi connectivity index (χ1v) is 8.75. The molecule has 1 aromatic rings. The Morgan fingerprint density at radius 3 is 2.90 bits per heavy atom. The number of nitrogens with zero attached hydrogens (tertiary/aromatic N) is 3. The molecule has 4 atom stereocenters. The molecule has 0 bridgehead atoms. The number of fused-ring (bicyclic) bond motifs is 1. The smallest absolute Gasteiger partial charge is 0.244 e. The van der Waals surface area contributed by atoms with Crippen LogP contribution in [-0.2, 0) is 21.3 Å². The lowest BCUT2D eigenvalue weighted by atomic mass is 9.71. The van der Waals surface area contributed by atoms with Crippen molar-refractivity contribution in [3.05, 3.63) is 12.4 Å². The monoisotopic (exact) mass is 314 g/mol. The molecule has 0 amide bonds. The quantitative estimate of drug-likeness (QED) is 0.821. The number of nitrogens with one attached hydrogen (secondary N) is 1. The maximum Gasteiger partial charge on any atom is 0.244 e. The van der Waals surface area contributed by atoms with Crippen molar-refractivity contribution in [3.63, 3.8) is 0 Å². The largest absolute Gasteiger partial charge is 0.376 e. The molecule has 2 aliphatic rings. The highest BCUT2D eigenvalue weighted by molar-refractivity contribution is 7.89. The lowest BCUT2D eigenvalue weighted by molar-refractivity contribution is -0.0626. The Labute approximate surface area is 125 Å². The molecule has 7 nitrogen and oxygen atoms in total. The fourth-order valence-corrected chi connectivity index (χ4v) is 4.61. The van der Waals surface area contributed by atoms with Crippen LogP contribution in [0.25, 0.3) is 0 Å². The summed E-state index contributed by atoms with van der Waals surface area (Å²) in [4.78, 5) is 2.26. The summed E-state index contributed by atoms with van der Waals surface area (Å²) in [6.07, 6.45) is 4.02. The van der Waals surface area contributed by atoms with Gasteiger partial charge in [-0.3, -0.25) is 4.68 Å². The summed E-state index contributed by atoms with van der Waals surface area (Å²) in [5.74, 6) is 0.272. The second kappa shape index (κ2) is 5.35. The summed E-state index contributed by atoms with van der Waals surface area (Å²) < 4.78 is 35.2. The van der Waals surface area contributed by atoms with E-state index >= 15 is 0 Å². The molecular formula is C13H22N4O3S. The van der Waals surface area contributed by atoms with Gasteiger partial charge in [0.05, 0.1) is 18.3 Å². The van der Waals surface area contributed by atoms with E-state index in [1.54, 1.807) is 10.9 Å². The molecule has 1 aromatic heterocycles. The van der Waals surface area contributed by atoms with Gasteiger partial charge in [-0.05, 0) is 27.4 Å².